The summed E-state index contributed by atoms with van der Waals surface area (Å²) in [6.45, 7) is 0. The minimum atomic E-state index is -0.591. The highest BCUT2D eigenvalue weighted by Gasteiger charge is 2.45. The lowest BCUT2D eigenvalue weighted by Gasteiger charge is -2.37. The van der Waals surface area contributed by atoms with Crippen molar-refractivity contribution in [1.29, 1.82) is 0 Å². The van der Waals surface area contributed by atoms with Gasteiger partial charge in [-0.2, -0.15) is 0 Å². The van der Waals surface area contributed by atoms with Gasteiger partial charge in [0.15, 0.2) is 0 Å². The SMILES string of the molecule is O=C(O)C1CCC(NC2CCCC23CCCC3)CC1. The fraction of sp³-hybridized carbons (Fsp3) is 0.938. The van der Waals surface area contributed by atoms with E-state index in [2.05, 4.69) is 5.32 Å². The maximum Gasteiger partial charge on any atom is 0.306 e. The van der Waals surface area contributed by atoms with Crippen LogP contribution in [-0.4, -0.2) is 23.2 Å². The average Bonchev–Trinajstić information content (AvgIpc) is 3.02. The Kier molecular flexibility index (Phi) is 3.84. The summed E-state index contributed by atoms with van der Waals surface area (Å²) < 4.78 is 0. The predicted octanol–water partition coefficient (Wildman–Crippen LogP) is 3.33. The summed E-state index contributed by atoms with van der Waals surface area (Å²) in [5.41, 5.74) is 0.615. The van der Waals surface area contributed by atoms with Gasteiger partial charge in [-0.15, -0.1) is 0 Å². The van der Waals surface area contributed by atoms with Crippen molar-refractivity contribution in [2.24, 2.45) is 11.3 Å². The topological polar surface area (TPSA) is 49.3 Å². The molecule has 0 amide bonds. The molecule has 3 saturated carbocycles. The van der Waals surface area contributed by atoms with Crippen molar-refractivity contribution in [2.45, 2.75) is 82.7 Å². The lowest BCUT2D eigenvalue weighted by atomic mass is 9.79. The number of aliphatic carboxylic acids is 1. The van der Waals surface area contributed by atoms with Crippen LogP contribution in [0.15, 0.2) is 0 Å². The van der Waals surface area contributed by atoms with Crippen molar-refractivity contribution < 1.29 is 9.90 Å². The predicted molar refractivity (Wildman–Crippen MR) is 75.1 cm³/mol. The average molecular weight is 265 g/mol. The zero-order valence-corrected chi connectivity index (χ0v) is 11.9. The van der Waals surface area contributed by atoms with Crippen molar-refractivity contribution in [1.82, 2.24) is 5.32 Å². The summed E-state index contributed by atoms with van der Waals surface area (Å²) in [5.74, 6) is -0.673. The van der Waals surface area contributed by atoms with Gasteiger partial charge in [0, 0.05) is 12.1 Å². The number of carboxylic acid groups (broad SMARTS) is 1. The van der Waals surface area contributed by atoms with E-state index in [-0.39, 0.29) is 5.92 Å². The second-order valence-corrected chi connectivity index (χ2v) is 7.07. The summed E-state index contributed by atoms with van der Waals surface area (Å²) in [7, 11) is 0. The van der Waals surface area contributed by atoms with Crippen molar-refractivity contribution in [2.75, 3.05) is 0 Å². The first kappa shape index (κ1) is 13.4. The van der Waals surface area contributed by atoms with Crippen LogP contribution in [-0.2, 0) is 4.79 Å². The van der Waals surface area contributed by atoms with Gasteiger partial charge < -0.3 is 10.4 Å². The summed E-state index contributed by atoms with van der Waals surface area (Å²) in [5, 5.41) is 13.0. The number of hydrogen-bond donors (Lipinski definition) is 2. The minimum Gasteiger partial charge on any atom is -0.481 e. The molecule has 19 heavy (non-hydrogen) atoms. The van der Waals surface area contributed by atoms with Gasteiger partial charge in [-0.1, -0.05) is 19.3 Å². The first-order valence-electron chi connectivity index (χ1n) is 8.18. The van der Waals surface area contributed by atoms with Crippen LogP contribution in [0.2, 0.25) is 0 Å². The fourth-order valence-corrected chi connectivity index (χ4v) is 4.87. The van der Waals surface area contributed by atoms with Crippen molar-refractivity contribution >= 4 is 5.97 Å². The standard InChI is InChI=1S/C16H27NO2/c18-15(19)12-5-7-13(8-6-12)17-14-4-3-11-16(14)9-1-2-10-16/h12-14,17H,1-11H2,(H,18,19). The molecule has 0 aromatic rings. The van der Waals surface area contributed by atoms with Gasteiger partial charge in [0.05, 0.1) is 5.92 Å². The quantitative estimate of drug-likeness (QED) is 0.823. The van der Waals surface area contributed by atoms with E-state index in [4.69, 9.17) is 5.11 Å². The molecule has 0 aromatic carbocycles. The molecule has 3 aliphatic rings. The van der Waals surface area contributed by atoms with E-state index in [0.29, 0.717) is 11.5 Å². The van der Waals surface area contributed by atoms with E-state index in [0.717, 1.165) is 31.7 Å². The third kappa shape index (κ3) is 2.67. The Morgan fingerprint density at radius 3 is 2.21 bits per heavy atom. The molecule has 108 valence electrons. The zero-order chi connectivity index (χ0) is 13.3. The molecule has 3 aliphatic carbocycles. The molecule has 3 heteroatoms. The Labute approximate surface area is 116 Å². The molecule has 0 saturated heterocycles. The molecule has 1 atom stereocenters. The highest BCUT2D eigenvalue weighted by atomic mass is 16.4. The van der Waals surface area contributed by atoms with Gasteiger partial charge in [-0.3, -0.25) is 4.79 Å². The van der Waals surface area contributed by atoms with Gasteiger partial charge in [0.25, 0.3) is 0 Å². The molecule has 3 rings (SSSR count). The molecule has 0 heterocycles. The Bertz CT molecular complexity index is 322. The molecule has 0 radical (unpaired) electrons. The smallest absolute Gasteiger partial charge is 0.306 e. The molecule has 0 bridgehead atoms. The summed E-state index contributed by atoms with van der Waals surface area (Å²) >= 11 is 0. The van der Waals surface area contributed by atoms with Crippen LogP contribution < -0.4 is 5.32 Å². The van der Waals surface area contributed by atoms with E-state index in [1.54, 1.807) is 0 Å². The second kappa shape index (κ2) is 5.43. The third-order valence-electron chi connectivity index (χ3n) is 6.02. The lowest BCUT2D eigenvalue weighted by molar-refractivity contribution is -0.142. The first-order valence-corrected chi connectivity index (χ1v) is 8.18. The van der Waals surface area contributed by atoms with Gasteiger partial charge in [0.1, 0.15) is 0 Å². The largest absolute Gasteiger partial charge is 0.481 e. The Morgan fingerprint density at radius 2 is 1.58 bits per heavy atom. The van der Waals surface area contributed by atoms with Crippen LogP contribution in [0, 0.1) is 11.3 Å². The van der Waals surface area contributed by atoms with Crippen LogP contribution >= 0.6 is 0 Å². The highest BCUT2D eigenvalue weighted by Crippen LogP contribution is 2.50. The number of hydrogen-bond acceptors (Lipinski definition) is 2. The van der Waals surface area contributed by atoms with Crippen LogP contribution in [0.4, 0.5) is 0 Å². The normalized spacial score (nSPS) is 37.8. The van der Waals surface area contributed by atoms with Crippen molar-refractivity contribution in [3.63, 3.8) is 0 Å². The summed E-state index contributed by atoms with van der Waals surface area (Å²) in [6, 6.07) is 1.30. The molecule has 1 spiro atoms. The molecule has 3 nitrogen and oxygen atoms in total. The monoisotopic (exact) mass is 265 g/mol. The molecular weight excluding hydrogens is 238 g/mol. The van der Waals surface area contributed by atoms with E-state index in [9.17, 15) is 4.79 Å². The molecular formula is C16H27NO2. The number of nitrogens with one attached hydrogen (secondary N) is 1. The molecule has 0 aromatic heterocycles. The maximum atomic E-state index is 11.0. The molecule has 3 fully saturated rings. The number of carbonyl (C=O) groups is 1. The number of rotatable bonds is 3. The van der Waals surface area contributed by atoms with E-state index < -0.39 is 5.97 Å². The van der Waals surface area contributed by atoms with E-state index in [1.807, 2.05) is 0 Å². The van der Waals surface area contributed by atoms with Crippen LogP contribution in [0.1, 0.15) is 70.6 Å². The highest BCUT2D eigenvalue weighted by molar-refractivity contribution is 5.70. The van der Waals surface area contributed by atoms with E-state index >= 15 is 0 Å². The Morgan fingerprint density at radius 1 is 0.947 bits per heavy atom. The lowest BCUT2D eigenvalue weighted by Crippen LogP contribution is -2.46. The van der Waals surface area contributed by atoms with Gasteiger partial charge in [0.2, 0.25) is 0 Å². The zero-order valence-electron chi connectivity index (χ0n) is 11.9. The third-order valence-corrected chi connectivity index (χ3v) is 6.02. The Balaban J connectivity index is 1.53. The van der Waals surface area contributed by atoms with Crippen LogP contribution in [0.25, 0.3) is 0 Å². The molecule has 2 N–H and O–H groups in total. The van der Waals surface area contributed by atoms with Crippen LogP contribution in [0.5, 0.6) is 0 Å². The Hall–Kier alpha value is -0.570. The number of carboxylic acids is 1. The van der Waals surface area contributed by atoms with Gasteiger partial charge >= 0.3 is 5.97 Å². The first-order chi connectivity index (χ1) is 9.20. The van der Waals surface area contributed by atoms with E-state index in [1.165, 1.54) is 44.9 Å². The molecule has 0 aliphatic heterocycles. The second-order valence-electron chi connectivity index (χ2n) is 7.07. The minimum absolute atomic E-state index is 0.0814. The van der Waals surface area contributed by atoms with Gasteiger partial charge in [-0.05, 0) is 56.8 Å². The summed E-state index contributed by atoms with van der Waals surface area (Å²) in [4.78, 5) is 11.0. The van der Waals surface area contributed by atoms with Crippen molar-refractivity contribution in [3.8, 4) is 0 Å². The molecule has 1 unspecified atom stereocenters. The van der Waals surface area contributed by atoms with Crippen molar-refractivity contribution in [3.05, 3.63) is 0 Å². The van der Waals surface area contributed by atoms with Gasteiger partial charge in [-0.25, -0.2) is 0 Å². The van der Waals surface area contributed by atoms with Crippen LogP contribution in [0.3, 0.4) is 0 Å². The summed E-state index contributed by atoms with van der Waals surface area (Å²) in [6.07, 6.45) is 13.7. The fourth-order valence-electron chi connectivity index (χ4n) is 4.87. The maximum absolute atomic E-state index is 11.0.